The Morgan fingerprint density at radius 1 is 1.33 bits per heavy atom. The number of benzene rings is 2. The van der Waals surface area contributed by atoms with E-state index in [2.05, 4.69) is 15.9 Å². The zero-order chi connectivity index (χ0) is 14.8. The minimum absolute atomic E-state index is 0.126. The van der Waals surface area contributed by atoms with E-state index in [-0.39, 0.29) is 17.9 Å². The van der Waals surface area contributed by atoms with Gasteiger partial charge in [-0.2, -0.15) is 5.26 Å². The van der Waals surface area contributed by atoms with Gasteiger partial charge in [0, 0.05) is 16.5 Å². The number of nitrogens with zero attached hydrogens (tertiary/aromatic N) is 1. The minimum atomic E-state index is -0.540. The average molecular weight is 348 g/mol. The minimum Gasteiger partial charge on any atom is -0.493 e. The zero-order valence-electron chi connectivity index (χ0n) is 11.0. The summed E-state index contributed by atoms with van der Waals surface area (Å²) in [4.78, 5) is 0. The van der Waals surface area contributed by atoms with Crippen molar-refractivity contribution in [1.82, 2.24) is 0 Å². The lowest BCUT2D eigenvalue weighted by atomic mass is 10.1. The molecule has 0 aliphatic carbocycles. The van der Waals surface area contributed by atoms with E-state index in [1.54, 1.807) is 0 Å². The van der Waals surface area contributed by atoms with Crippen LogP contribution in [0, 0.1) is 17.1 Å². The number of halogens is 2. The number of nitriles is 1. The van der Waals surface area contributed by atoms with E-state index < -0.39 is 5.82 Å². The van der Waals surface area contributed by atoms with Crippen molar-refractivity contribution in [1.29, 1.82) is 5.26 Å². The molecule has 1 aliphatic heterocycles. The summed E-state index contributed by atoms with van der Waals surface area (Å²) in [6.07, 6.45) is 0.868. The largest absolute Gasteiger partial charge is 0.493 e. The van der Waals surface area contributed by atoms with Crippen molar-refractivity contribution >= 4 is 15.9 Å². The smallest absolute Gasteiger partial charge is 0.166 e. The van der Waals surface area contributed by atoms with Crippen molar-refractivity contribution in [2.45, 2.75) is 13.0 Å². The number of hydrogen-bond acceptors (Lipinski definition) is 3. The maximum absolute atomic E-state index is 13.8. The topological polar surface area (TPSA) is 42.2 Å². The van der Waals surface area contributed by atoms with Crippen molar-refractivity contribution in [2.24, 2.45) is 0 Å². The first kappa shape index (κ1) is 13.9. The molecule has 106 valence electrons. The standard InChI is InChI=1S/C16H11BrFNO2/c17-13-6-11-3-4-20-16(11)12(7-13)9-21-15-2-1-10(8-19)5-14(15)18/h1-2,5-7H,3-4,9H2. The molecule has 0 radical (unpaired) electrons. The highest BCUT2D eigenvalue weighted by Gasteiger charge is 2.18. The summed E-state index contributed by atoms with van der Waals surface area (Å²) in [5, 5.41) is 8.72. The molecule has 0 N–H and O–H groups in total. The Morgan fingerprint density at radius 2 is 2.19 bits per heavy atom. The Kier molecular flexibility index (Phi) is 3.80. The van der Waals surface area contributed by atoms with Crippen LogP contribution in [0.2, 0.25) is 0 Å². The molecule has 0 amide bonds. The Balaban J connectivity index is 1.81. The van der Waals surface area contributed by atoms with Gasteiger partial charge in [-0.3, -0.25) is 0 Å². The SMILES string of the molecule is N#Cc1ccc(OCc2cc(Br)cc3c2OCC3)c(F)c1. The highest BCUT2D eigenvalue weighted by Crippen LogP contribution is 2.33. The van der Waals surface area contributed by atoms with Crippen LogP contribution in [0.4, 0.5) is 4.39 Å². The lowest BCUT2D eigenvalue weighted by Gasteiger charge is -2.11. The first-order chi connectivity index (χ1) is 10.2. The lowest BCUT2D eigenvalue weighted by Crippen LogP contribution is -2.00. The van der Waals surface area contributed by atoms with Crippen LogP contribution in [0.5, 0.6) is 11.5 Å². The van der Waals surface area contributed by atoms with Gasteiger partial charge >= 0.3 is 0 Å². The predicted molar refractivity (Wildman–Crippen MR) is 78.8 cm³/mol. The van der Waals surface area contributed by atoms with Crippen LogP contribution >= 0.6 is 15.9 Å². The van der Waals surface area contributed by atoms with Gasteiger partial charge in [0.25, 0.3) is 0 Å². The fourth-order valence-corrected chi connectivity index (χ4v) is 2.85. The van der Waals surface area contributed by atoms with Crippen LogP contribution in [-0.2, 0) is 13.0 Å². The van der Waals surface area contributed by atoms with Crippen LogP contribution in [0.25, 0.3) is 0 Å². The number of fused-ring (bicyclic) bond motifs is 1. The molecule has 0 unspecified atom stereocenters. The van der Waals surface area contributed by atoms with E-state index in [1.807, 2.05) is 18.2 Å². The number of rotatable bonds is 3. The molecule has 0 fully saturated rings. The molecule has 3 nitrogen and oxygen atoms in total. The Bertz CT molecular complexity index is 740. The van der Waals surface area contributed by atoms with E-state index in [4.69, 9.17) is 14.7 Å². The van der Waals surface area contributed by atoms with Gasteiger partial charge in [0.15, 0.2) is 11.6 Å². The van der Waals surface area contributed by atoms with Crippen molar-refractivity contribution in [3.8, 4) is 17.6 Å². The Morgan fingerprint density at radius 3 is 2.95 bits per heavy atom. The molecule has 2 aromatic carbocycles. The first-order valence-electron chi connectivity index (χ1n) is 6.44. The summed E-state index contributed by atoms with van der Waals surface area (Å²) in [6, 6.07) is 9.98. The molecular weight excluding hydrogens is 337 g/mol. The normalized spacial score (nSPS) is 12.4. The highest BCUT2D eigenvalue weighted by molar-refractivity contribution is 9.10. The molecule has 21 heavy (non-hydrogen) atoms. The molecule has 0 atom stereocenters. The van der Waals surface area contributed by atoms with E-state index in [9.17, 15) is 4.39 Å². The van der Waals surface area contributed by atoms with Crippen LogP contribution in [0.15, 0.2) is 34.8 Å². The van der Waals surface area contributed by atoms with E-state index in [1.165, 1.54) is 12.1 Å². The second-order valence-corrected chi connectivity index (χ2v) is 5.61. The maximum atomic E-state index is 13.8. The fourth-order valence-electron chi connectivity index (χ4n) is 2.30. The zero-order valence-corrected chi connectivity index (χ0v) is 12.6. The van der Waals surface area contributed by atoms with Crippen LogP contribution in [0.3, 0.4) is 0 Å². The lowest BCUT2D eigenvalue weighted by molar-refractivity contribution is 0.279. The molecule has 0 bridgehead atoms. The van der Waals surface area contributed by atoms with Crippen LogP contribution in [0.1, 0.15) is 16.7 Å². The summed E-state index contributed by atoms with van der Waals surface area (Å²) in [6.45, 7) is 0.870. The highest BCUT2D eigenvalue weighted by atomic mass is 79.9. The fraction of sp³-hybridized carbons (Fsp3) is 0.188. The van der Waals surface area contributed by atoms with Gasteiger partial charge in [-0.25, -0.2) is 4.39 Å². The van der Waals surface area contributed by atoms with E-state index in [0.29, 0.717) is 6.61 Å². The van der Waals surface area contributed by atoms with Gasteiger partial charge in [0.2, 0.25) is 0 Å². The quantitative estimate of drug-likeness (QED) is 0.843. The van der Waals surface area contributed by atoms with Crippen LogP contribution < -0.4 is 9.47 Å². The number of hydrogen-bond donors (Lipinski definition) is 0. The number of ether oxygens (including phenoxy) is 2. The van der Waals surface area contributed by atoms with Crippen molar-refractivity contribution in [3.63, 3.8) is 0 Å². The molecule has 0 spiro atoms. The van der Waals surface area contributed by atoms with E-state index >= 15 is 0 Å². The molecule has 0 saturated carbocycles. The third-order valence-corrected chi connectivity index (χ3v) is 3.73. The summed E-state index contributed by atoms with van der Waals surface area (Å²) >= 11 is 3.45. The third kappa shape index (κ3) is 2.86. The van der Waals surface area contributed by atoms with Crippen molar-refractivity contribution < 1.29 is 13.9 Å². The summed E-state index contributed by atoms with van der Waals surface area (Å²) in [5.41, 5.74) is 2.27. The predicted octanol–water partition coefficient (Wildman–Crippen LogP) is 3.97. The molecule has 3 rings (SSSR count). The summed E-state index contributed by atoms with van der Waals surface area (Å²) in [7, 11) is 0. The van der Waals surface area contributed by atoms with Gasteiger partial charge < -0.3 is 9.47 Å². The average Bonchev–Trinajstić information content (AvgIpc) is 2.93. The third-order valence-electron chi connectivity index (χ3n) is 3.27. The van der Waals surface area contributed by atoms with Crippen LogP contribution in [-0.4, -0.2) is 6.61 Å². The Labute approximate surface area is 130 Å². The maximum Gasteiger partial charge on any atom is 0.166 e. The molecule has 2 aromatic rings. The molecule has 0 aromatic heterocycles. The van der Waals surface area contributed by atoms with Gasteiger partial charge in [-0.1, -0.05) is 15.9 Å². The summed E-state index contributed by atoms with van der Waals surface area (Å²) in [5.74, 6) is 0.412. The van der Waals surface area contributed by atoms with Gasteiger partial charge in [0.05, 0.1) is 18.2 Å². The molecular formula is C16H11BrFNO2. The van der Waals surface area contributed by atoms with Gasteiger partial charge in [-0.05, 0) is 35.9 Å². The van der Waals surface area contributed by atoms with Gasteiger partial charge in [-0.15, -0.1) is 0 Å². The second-order valence-electron chi connectivity index (χ2n) is 4.70. The second kappa shape index (κ2) is 5.74. The molecule has 1 aliphatic rings. The Hall–Kier alpha value is -2.06. The molecule has 0 saturated heterocycles. The van der Waals surface area contributed by atoms with Gasteiger partial charge in [0.1, 0.15) is 12.4 Å². The van der Waals surface area contributed by atoms with E-state index in [0.717, 1.165) is 33.8 Å². The first-order valence-corrected chi connectivity index (χ1v) is 7.23. The summed E-state index contributed by atoms with van der Waals surface area (Å²) < 4.78 is 25.8. The van der Waals surface area contributed by atoms with Crippen molar-refractivity contribution in [2.75, 3.05) is 6.61 Å². The monoisotopic (exact) mass is 347 g/mol. The molecule has 1 heterocycles. The molecule has 5 heteroatoms. The van der Waals surface area contributed by atoms with Crippen molar-refractivity contribution in [3.05, 3.63) is 57.3 Å².